The fourth-order valence-corrected chi connectivity index (χ4v) is 3.66. The average Bonchev–Trinajstić information content (AvgIpc) is 2.30. The molecule has 1 rings (SSSR count). The molecule has 0 heterocycles. The van der Waals surface area contributed by atoms with Crippen molar-refractivity contribution in [1.82, 2.24) is 4.72 Å². The minimum absolute atomic E-state index is 0.0976. The monoisotopic (exact) mass is 379 g/mol. The Bertz CT molecular complexity index is 667. The van der Waals surface area contributed by atoms with E-state index in [1.54, 1.807) is 6.92 Å². The van der Waals surface area contributed by atoms with Gasteiger partial charge in [-0.05, 0) is 45.4 Å². The molecule has 3 N–H and O–H groups in total. The number of hydrogen-bond acceptors (Lipinski definition) is 4. The quantitative estimate of drug-likeness (QED) is 0.724. The predicted molar refractivity (Wildman–Crippen MR) is 81.9 cm³/mol. The van der Waals surface area contributed by atoms with Gasteiger partial charge in [-0.1, -0.05) is 15.9 Å². The summed E-state index contributed by atoms with van der Waals surface area (Å²) in [6.45, 7) is 6.13. The van der Waals surface area contributed by atoms with Gasteiger partial charge in [-0.2, -0.15) is 0 Å². The summed E-state index contributed by atoms with van der Waals surface area (Å²) in [6.07, 6.45) is -0.917. The van der Waals surface area contributed by atoms with Gasteiger partial charge >= 0.3 is 5.97 Å². The number of halogens is 1. The Morgan fingerprint density at radius 2 is 1.90 bits per heavy atom. The molecular weight excluding hydrogens is 362 g/mol. The molecule has 0 aromatic heterocycles. The highest BCUT2D eigenvalue weighted by molar-refractivity contribution is 9.10. The molecule has 6 nitrogen and oxygen atoms in total. The highest BCUT2D eigenvalue weighted by Crippen LogP contribution is 2.26. The van der Waals surface area contributed by atoms with Crippen LogP contribution in [0.4, 0.5) is 0 Å². The summed E-state index contributed by atoms with van der Waals surface area (Å²) < 4.78 is 27.5. The van der Waals surface area contributed by atoms with Crippen LogP contribution in [0.25, 0.3) is 0 Å². The van der Waals surface area contributed by atoms with Crippen molar-refractivity contribution in [2.75, 3.05) is 0 Å². The summed E-state index contributed by atoms with van der Waals surface area (Å²) in [6, 6.07) is 2.44. The van der Waals surface area contributed by atoms with Crippen LogP contribution in [0.1, 0.15) is 36.7 Å². The first-order valence-electron chi connectivity index (χ1n) is 6.14. The standard InChI is InChI=1S/C13H18BrNO5S/c1-7-10(12(17)18)5-9(6-11(7)14)21(19,20)15-13(3,4)8(2)16/h5-6,8,15-16H,1-4H3,(H,17,18). The lowest BCUT2D eigenvalue weighted by molar-refractivity contribution is 0.0695. The fraction of sp³-hybridized carbons (Fsp3) is 0.462. The molecule has 0 aliphatic carbocycles. The number of nitrogens with one attached hydrogen (secondary N) is 1. The number of aliphatic hydroxyl groups is 1. The zero-order chi connectivity index (χ0) is 16.6. The topological polar surface area (TPSA) is 104 Å². The van der Waals surface area contributed by atoms with Crippen LogP contribution in [0, 0.1) is 6.92 Å². The van der Waals surface area contributed by atoms with E-state index in [0.29, 0.717) is 10.0 Å². The normalized spacial score (nSPS) is 14.0. The highest BCUT2D eigenvalue weighted by Gasteiger charge is 2.31. The van der Waals surface area contributed by atoms with Crippen LogP contribution in [0.2, 0.25) is 0 Å². The fourth-order valence-electron chi connectivity index (χ4n) is 1.52. The van der Waals surface area contributed by atoms with E-state index in [9.17, 15) is 18.3 Å². The summed E-state index contributed by atoms with van der Waals surface area (Å²) in [5, 5.41) is 18.7. The zero-order valence-corrected chi connectivity index (χ0v) is 14.5. The molecule has 0 spiro atoms. The summed E-state index contributed by atoms with van der Waals surface area (Å²) >= 11 is 3.16. The minimum Gasteiger partial charge on any atom is -0.478 e. The Labute approximate surface area is 132 Å². The molecule has 0 fully saturated rings. The molecule has 1 unspecified atom stereocenters. The van der Waals surface area contributed by atoms with Gasteiger partial charge in [0.15, 0.2) is 0 Å². The van der Waals surface area contributed by atoms with Crippen molar-refractivity contribution in [1.29, 1.82) is 0 Å². The number of aromatic carboxylic acids is 1. The van der Waals surface area contributed by atoms with E-state index in [2.05, 4.69) is 20.7 Å². The number of hydrogen-bond donors (Lipinski definition) is 3. The largest absolute Gasteiger partial charge is 0.478 e. The van der Waals surface area contributed by atoms with Gasteiger partial charge in [0.1, 0.15) is 0 Å². The molecule has 0 bridgehead atoms. The lowest BCUT2D eigenvalue weighted by atomic mass is 10.0. The van der Waals surface area contributed by atoms with Gasteiger partial charge in [-0.15, -0.1) is 0 Å². The van der Waals surface area contributed by atoms with E-state index in [4.69, 9.17) is 5.11 Å². The van der Waals surface area contributed by atoms with Crippen molar-refractivity contribution < 1.29 is 23.4 Å². The first kappa shape index (κ1) is 18.1. The maximum absolute atomic E-state index is 12.4. The molecule has 0 saturated heterocycles. The minimum atomic E-state index is -3.96. The zero-order valence-electron chi connectivity index (χ0n) is 12.1. The van der Waals surface area contributed by atoms with Crippen LogP contribution < -0.4 is 4.72 Å². The first-order chi connectivity index (χ1) is 9.38. The SMILES string of the molecule is Cc1c(Br)cc(S(=O)(=O)NC(C)(C)C(C)O)cc1C(=O)O. The van der Waals surface area contributed by atoms with Crippen molar-refractivity contribution in [3.8, 4) is 0 Å². The molecule has 1 aromatic carbocycles. The number of carboxylic acid groups (broad SMARTS) is 1. The van der Waals surface area contributed by atoms with Crippen LogP contribution in [-0.2, 0) is 10.0 Å². The molecule has 0 radical (unpaired) electrons. The second-order valence-electron chi connectivity index (χ2n) is 5.39. The Hall–Kier alpha value is -0.960. The van der Waals surface area contributed by atoms with E-state index in [1.165, 1.54) is 26.8 Å². The lowest BCUT2D eigenvalue weighted by Gasteiger charge is -2.29. The third-order valence-electron chi connectivity index (χ3n) is 3.30. The number of aliphatic hydroxyl groups excluding tert-OH is 1. The second kappa shape index (κ2) is 6.04. The third kappa shape index (κ3) is 4.03. The third-order valence-corrected chi connectivity index (χ3v) is 5.78. The number of rotatable bonds is 5. The van der Waals surface area contributed by atoms with Gasteiger partial charge in [0, 0.05) is 4.47 Å². The van der Waals surface area contributed by atoms with Crippen molar-refractivity contribution in [2.45, 2.75) is 44.2 Å². The Kier molecular flexibility index (Phi) is 5.20. The van der Waals surface area contributed by atoms with Gasteiger partial charge < -0.3 is 10.2 Å². The molecule has 0 aliphatic rings. The number of sulfonamides is 1. The van der Waals surface area contributed by atoms with Crippen molar-refractivity contribution in [3.63, 3.8) is 0 Å². The highest BCUT2D eigenvalue weighted by atomic mass is 79.9. The molecule has 8 heteroatoms. The van der Waals surface area contributed by atoms with Crippen LogP contribution in [-0.4, -0.2) is 36.2 Å². The van der Waals surface area contributed by atoms with Crippen LogP contribution in [0.15, 0.2) is 21.5 Å². The summed E-state index contributed by atoms with van der Waals surface area (Å²) in [7, 11) is -3.96. The van der Waals surface area contributed by atoms with Gasteiger partial charge in [-0.3, -0.25) is 0 Å². The summed E-state index contributed by atoms with van der Waals surface area (Å²) in [5.74, 6) is -1.21. The molecule has 118 valence electrons. The Balaban J connectivity index is 3.37. The van der Waals surface area contributed by atoms with Crippen LogP contribution in [0.5, 0.6) is 0 Å². The number of benzene rings is 1. The molecule has 1 atom stereocenters. The predicted octanol–water partition coefficient (Wildman–Crippen LogP) is 1.89. The maximum Gasteiger partial charge on any atom is 0.336 e. The first-order valence-corrected chi connectivity index (χ1v) is 8.41. The molecule has 0 saturated carbocycles. The van der Waals surface area contributed by atoms with Crippen LogP contribution >= 0.6 is 15.9 Å². The van der Waals surface area contributed by atoms with E-state index >= 15 is 0 Å². The van der Waals surface area contributed by atoms with Gasteiger partial charge in [0.05, 0.1) is 22.1 Å². The molecule has 21 heavy (non-hydrogen) atoms. The summed E-state index contributed by atoms with van der Waals surface area (Å²) in [5.41, 5.74) is -0.740. The summed E-state index contributed by atoms with van der Waals surface area (Å²) in [4.78, 5) is 11.0. The molecule has 0 aliphatic heterocycles. The number of carboxylic acids is 1. The Morgan fingerprint density at radius 1 is 1.38 bits per heavy atom. The van der Waals surface area contributed by atoms with E-state index in [0.717, 1.165) is 6.07 Å². The van der Waals surface area contributed by atoms with E-state index in [1.807, 2.05) is 0 Å². The van der Waals surface area contributed by atoms with Gasteiger partial charge in [-0.25, -0.2) is 17.9 Å². The van der Waals surface area contributed by atoms with E-state index < -0.39 is 27.6 Å². The smallest absolute Gasteiger partial charge is 0.336 e. The second-order valence-corrected chi connectivity index (χ2v) is 7.92. The van der Waals surface area contributed by atoms with E-state index in [-0.39, 0.29) is 10.5 Å². The van der Waals surface area contributed by atoms with Crippen molar-refractivity contribution in [2.24, 2.45) is 0 Å². The van der Waals surface area contributed by atoms with Crippen molar-refractivity contribution in [3.05, 3.63) is 27.7 Å². The lowest BCUT2D eigenvalue weighted by Crippen LogP contribution is -2.50. The maximum atomic E-state index is 12.4. The Morgan fingerprint density at radius 3 is 2.33 bits per heavy atom. The average molecular weight is 380 g/mol. The van der Waals surface area contributed by atoms with Gasteiger partial charge in [0.25, 0.3) is 0 Å². The van der Waals surface area contributed by atoms with Gasteiger partial charge in [0.2, 0.25) is 10.0 Å². The van der Waals surface area contributed by atoms with Crippen LogP contribution in [0.3, 0.4) is 0 Å². The molecule has 0 amide bonds. The molecule has 1 aromatic rings. The number of carbonyl (C=O) groups is 1. The molecular formula is C13H18BrNO5S. The van der Waals surface area contributed by atoms with Crippen molar-refractivity contribution >= 4 is 31.9 Å².